The molecular weight excluding hydrogens is 423 g/mol. The lowest BCUT2D eigenvalue weighted by atomic mass is 9.74. The monoisotopic (exact) mass is 486 g/mol. The Bertz CT molecular complexity index is 361. The molecule has 0 bridgehead atoms. The summed E-state index contributed by atoms with van der Waals surface area (Å²) in [5.41, 5.74) is -0.214. The summed E-state index contributed by atoms with van der Waals surface area (Å²) in [6.07, 6.45) is 28.3. The van der Waals surface area contributed by atoms with Gasteiger partial charge in [0.1, 0.15) is 0 Å². The molecule has 0 heterocycles. The van der Waals surface area contributed by atoms with Crippen LogP contribution in [0.2, 0.25) is 0 Å². The van der Waals surface area contributed by atoms with Crippen LogP contribution < -0.4 is 0 Å². The van der Waals surface area contributed by atoms with Crippen molar-refractivity contribution in [2.45, 2.75) is 175 Å². The highest BCUT2D eigenvalue weighted by atomic mass is 31.0. The molecule has 0 rings (SSSR count). The van der Waals surface area contributed by atoms with Gasteiger partial charge in [-0.2, -0.15) is 9.90 Å². The van der Waals surface area contributed by atoms with Crippen molar-refractivity contribution in [1.29, 1.82) is 0 Å². The molecule has 0 aromatic heterocycles. The van der Waals surface area contributed by atoms with Crippen molar-refractivity contribution in [1.82, 2.24) is 0 Å². The van der Waals surface area contributed by atoms with Crippen LogP contribution in [0.4, 0.5) is 0 Å². The number of carbonyl (C=O) groups excluding carboxylic acids is 1. The summed E-state index contributed by atoms with van der Waals surface area (Å²) >= 11 is 0. The Labute approximate surface area is 212 Å². The Hall–Kier alpha value is -0.100. The molecule has 1 atom stereocenters. The molecule has 0 aromatic rings. The van der Waals surface area contributed by atoms with E-state index in [0.717, 1.165) is 25.7 Å². The zero-order chi connectivity index (χ0) is 23.8. The van der Waals surface area contributed by atoms with E-state index in [1.54, 1.807) is 0 Å². The Morgan fingerprint density at radius 3 is 1.12 bits per heavy atom. The number of hydrogen-bond donors (Lipinski definition) is 0. The van der Waals surface area contributed by atoms with Crippen molar-refractivity contribution in [2.24, 2.45) is 5.41 Å². The highest BCUT2D eigenvalue weighted by molar-refractivity contribution is 6.92. The van der Waals surface area contributed by atoms with E-state index >= 15 is 0 Å². The summed E-state index contributed by atoms with van der Waals surface area (Å²) in [4.78, 5) is 13.5. The van der Waals surface area contributed by atoms with Gasteiger partial charge in [-0.25, -0.2) is 0 Å². The van der Waals surface area contributed by atoms with Gasteiger partial charge in [-0.3, -0.25) is 4.79 Å². The number of rotatable bonds is 25. The summed E-state index contributed by atoms with van der Waals surface area (Å²) in [6, 6.07) is 0. The van der Waals surface area contributed by atoms with Gasteiger partial charge in [-0.05, 0) is 25.7 Å². The average molecular weight is 487 g/mol. The molecule has 33 heavy (non-hydrogen) atoms. The zero-order valence-electron chi connectivity index (χ0n) is 23.5. The van der Waals surface area contributed by atoms with E-state index < -0.39 is 0 Å². The first-order chi connectivity index (χ1) is 15.7. The van der Waals surface area contributed by atoms with Crippen molar-refractivity contribution in [3.8, 4) is 0 Å². The fourth-order valence-corrected chi connectivity index (χ4v) is 4.91. The van der Waals surface area contributed by atoms with Gasteiger partial charge >= 0.3 is 5.97 Å². The molecule has 0 aromatic carbocycles. The maximum absolute atomic E-state index is 13.5. The van der Waals surface area contributed by atoms with Crippen LogP contribution in [-0.4, -0.2) is 12.6 Å². The van der Waals surface area contributed by atoms with E-state index in [0.29, 0.717) is 6.61 Å². The number of hydrogen-bond acceptors (Lipinski definition) is 2. The highest BCUT2D eigenvalue weighted by Gasteiger charge is 2.38. The van der Waals surface area contributed by atoms with Crippen molar-refractivity contribution in [2.75, 3.05) is 6.61 Å². The van der Waals surface area contributed by atoms with Crippen molar-refractivity contribution in [3.63, 3.8) is 0 Å². The smallest absolute Gasteiger partial charge is 0.312 e. The third-order valence-corrected chi connectivity index (χ3v) is 7.19. The number of unbranched alkanes of at least 4 members (excludes halogenated alkanes) is 16. The maximum atomic E-state index is 13.5. The van der Waals surface area contributed by atoms with Crippen LogP contribution in [-0.2, 0) is 9.53 Å². The molecule has 0 fully saturated rings. The lowest BCUT2D eigenvalue weighted by Crippen LogP contribution is -2.34. The minimum atomic E-state index is -0.214. The van der Waals surface area contributed by atoms with E-state index in [1.807, 2.05) is 0 Å². The summed E-state index contributed by atoms with van der Waals surface area (Å²) in [5.74, 6) is 0.148. The molecule has 0 saturated heterocycles. The number of ether oxygens (including phenoxy) is 1. The fourth-order valence-electron chi connectivity index (χ4n) is 4.91. The normalized spacial score (nSPS) is 11.4. The molecule has 0 amide bonds. The van der Waals surface area contributed by atoms with Crippen LogP contribution in [0.3, 0.4) is 0 Å². The molecule has 2 nitrogen and oxygen atoms in total. The Morgan fingerprint density at radius 1 is 0.485 bits per heavy atom. The van der Waals surface area contributed by atoms with Crippen LogP contribution in [0.1, 0.15) is 175 Å². The zero-order valence-corrected chi connectivity index (χ0v) is 24.9. The molecular formula is C30H63O2P. The molecule has 0 spiro atoms. The largest absolute Gasteiger partial charge is 0.465 e. The molecule has 0 aliphatic heterocycles. The quantitative estimate of drug-likeness (QED) is 0.0728. The predicted octanol–water partition coefficient (Wildman–Crippen LogP) is 10.6. The van der Waals surface area contributed by atoms with Crippen LogP contribution in [0, 0.1) is 5.41 Å². The van der Waals surface area contributed by atoms with Crippen LogP contribution in [0.5, 0.6) is 0 Å². The second kappa shape index (κ2) is 26.5. The highest BCUT2D eigenvalue weighted by Crippen LogP contribution is 2.39. The van der Waals surface area contributed by atoms with Gasteiger partial charge in [0, 0.05) is 0 Å². The second-order valence-corrected chi connectivity index (χ2v) is 10.3. The molecule has 1 unspecified atom stereocenters. The fraction of sp³-hybridized carbons (Fsp3) is 0.967. The van der Waals surface area contributed by atoms with Gasteiger partial charge in [0.25, 0.3) is 0 Å². The van der Waals surface area contributed by atoms with Crippen LogP contribution >= 0.6 is 9.90 Å². The standard InChI is InChI=1S/C30H60O2.H3P/c1-5-9-13-17-21-25-30(26-22-18-14-10-6-2,27-23-19-15-11-7-3)29(31)32-28-24-20-16-12-8-4;/h5-28H2,1-4H3;1H3. The minimum absolute atomic E-state index is 0. The first kappa shape index (κ1) is 35.1. The first-order valence-electron chi connectivity index (χ1n) is 14.8. The number of carbonyl (C=O) groups is 1. The van der Waals surface area contributed by atoms with E-state index in [2.05, 4.69) is 27.7 Å². The van der Waals surface area contributed by atoms with Gasteiger partial charge < -0.3 is 4.74 Å². The maximum Gasteiger partial charge on any atom is 0.312 e. The Balaban J connectivity index is 0. The average Bonchev–Trinajstić information content (AvgIpc) is 2.80. The number of esters is 1. The van der Waals surface area contributed by atoms with Crippen molar-refractivity contribution in [3.05, 3.63) is 0 Å². The lowest BCUT2D eigenvalue weighted by Gasteiger charge is -2.32. The van der Waals surface area contributed by atoms with Crippen LogP contribution in [0.25, 0.3) is 0 Å². The summed E-state index contributed by atoms with van der Waals surface area (Å²) < 4.78 is 5.98. The molecule has 3 heteroatoms. The molecule has 0 aliphatic rings. The lowest BCUT2D eigenvalue weighted by molar-refractivity contribution is -0.158. The van der Waals surface area contributed by atoms with E-state index in [4.69, 9.17) is 4.74 Å². The van der Waals surface area contributed by atoms with Gasteiger partial charge in [-0.1, -0.05) is 150 Å². The minimum Gasteiger partial charge on any atom is -0.465 e. The van der Waals surface area contributed by atoms with Gasteiger partial charge in [0.2, 0.25) is 0 Å². The molecule has 200 valence electrons. The van der Waals surface area contributed by atoms with Crippen LogP contribution in [0.15, 0.2) is 0 Å². The third-order valence-electron chi connectivity index (χ3n) is 7.19. The van der Waals surface area contributed by atoms with Crippen molar-refractivity contribution >= 4 is 15.9 Å². The summed E-state index contributed by atoms with van der Waals surface area (Å²) in [6.45, 7) is 9.69. The Kier molecular flexibility index (Phi) is 28.2. The molecule has 0 saturated carbocycles. The SMILES string of the molecule is CCCCCCCOC(=O)C(CCCCCCC)(CCCCCCC)CCCCCCC.P. The molecule has 0 N–H and O–H groups in total. The van der Waals surface area contributed by atoms with Gasteiger partial charge in [-0.15, -0.1) is 0 Å². The van der Waals surface area contributed by atoms with E-state index in [9.17, 15) is 4.79 Å². The predicted molar refractivity (Wildman–Crippen MR) is 153 cm³/mol. The Morgan fingerprint density at radius 2 is 0.788 bits per heavy atom. The topological polar surface area (TPSA) is 26.3 Å². The summed E-state index contributed by atoms with van der Waals surface area (Å²) in [7, 11) is 0. The molecule has 0 aliphatic carbocycles. The first-order valence-corrected chi connectivity index (χ1v) is 14.8. The third kappa shape index (κ3) is 19.9. The molecule has 0 radical (unpaired) electrons. The van der Waals surface area contributed by atoms with Gasteiger partial charge in [0.15, 0.2) is 0 Å². The van der Waals surface area contributed by atoms with Gasteiger partial charge in [0.05, 0.1) is 12.0 Å². The van der Waals surface area contributed by atoms with Crippen molar-refractivity contribution < 1.29 is 9.53 Å². The second-order valence-electron chi connectivity index (χ2n) is 10.3. The van der Waals surface area contributed by atoms with E-state index in [1.165, 1.54) is 122 Å². The summed E-state index contributed by atoms with van der Waals surface area (Å²) in [5, 5.41) is 0. The van der Waals surface area contributed by atoms with E-state index in [-0.39, 0.29) is 21.3 Å².